The van der Waals surface area contributed by atoms with Crippen LogP contribution in [0.5, 0.6) is 0 Å². The second kappa shape index (κ2) is 5.21. The van der Waals surface area contributed by atoms with Gasteiger partial charge >= 0.3 is 0 Å². The molecule has 4 heteroatoms. The van der Waals surface area contributed by atoms with Crippen LogP contribution in [-0.4, -0.2) is 10.3 Å². The predicted octanol–water partition coefficient (Wildman–Crippen LogP) is 3.01. The van der Waals surface area contributed by atoms with E-state index < -0.39 is 5.82 Å². The molecule has 0 aliphatic heterocycles. The SMILES string of the molecule is Fc1cc(Cl)cnc1C#CCCBr. The molecule has 1 aromatic heterocycles. The summed E-state index contributed by atoms with van der Waals surface area (Å²) in [7, 11) is 0. The molecule has 1 aromatic rings. The first-order chi connectivity index (χ1) is 6.24. The Morgan fingerprint density at radius 2 is 2.38 bits per heavy atom. The van der Waals surface area contributed by atoms with Gasteiger partial charge < -0.3 is 0 Å². The number of pyridine rings is 1. The molecule has 0 unspecified atom stereocenters. The van der Waals surface area contributed by atoms with Gasteiger partial charge in [-0.3, -0.25) is 0 Å². The van der Waals surface area contributed by atoms with E-state index in [-0.39, 0.29) is 10.7 Å². The number of rotatable bonds is 1. The van der Waals surface area contributed by atoms with Crippen molar-refractivity contribution in [1.82, 2.24) is 4.98 Å². The second-order valence-corrected chi connectivity index (χ2v) is 3.45. The van der Waals surface area contributed by atoms with Gasteiger partial charge in [0.05, 0.1) is 5.02 Å². The van der Waals surface area contributed by atoms with Crippen molar-refractivity contribution in [3.8, 4) is 11.8 Å². The fraction of sp³-hybridized carbons (Fsp3) is 0.222. The largest absolute Gasteiger partial charge is 0.243 e. The lowest BCUT2D eigenvalue weighted by Crippen LogP contribution is -1.88. The molecular weight excluding hydrogens is 256 g/mol. The molecule has 0 spiro atoms. The number of alkyl halides is 1. The summed E-state index contributed by atoms with van der Waals surface area (Å²) in [6.07, 6.45) is 2.05. The lowest BCUT2D eigenvalue weighted by atomic mass is 10.3. The third-order valence-corrected chi connectivity index (χ3v) is 1.84. The maximum absolute atomic E-state index is 13.0. The Balaban J connectivity index is 2.85. The summed E-state index contributed by atoms with van der Waals surface area (Å²) in [6, 6.07) is 1.20. The summed E-state index contributed by atoms with van der Waals surface area (Å²) in [5.74, 6) is 4.91. The van der Waals surface area contributed by atoms with Crippen molar-refractivity contribution in [3.63, 3.8) is 0 Å². The summed E-state index contributed by atoms with van der Waals surface area (Å²) in [6.45, 7) is 0. The van der Waals surface area contributed by atoms with Gasteiger partial charge in [0.2, 0.25) is 0 Å². The highest BCUT2D eigenvalue weighted by Crippen LogP contribution is 2.10. The molecule has 1 rings (SSSR count). The third kappa shape index (κ3) is 3.33. The summed E-state index contributed by atoms with van der Waals surface area (Å²) in [4.78, 5) is 3.75. The normalized spacial score (nSPS) is 9.15. The highest BCUT2D eigenvalue weighted by atomic mass is 79.9. The van der Waals surface area contributed by atoms with E-state index in [1.165, 1.54) is 12.3 Å². The maximum Gasteiger partial charge on any atom is 0.158 e. The molecule has 0 saturated carbocycles. The average Bonchev–Trinajstić information content (AvgIpc) is 2.09. The number of halogens is 3. The van der Waals surface area contributed by atoms with E-state index in [2.05, 4.69) is 32.8 Å². The van der Waals surface area contributed by atoms with Crippen LogP contribution in [0.15, 0.2) is 12.3 Å². The number of nitrogens with zero attached hydrogens (tertiary/aromatic N) is 1. The van der Waals surface area contributed by atoms with E-state index in [9.17, 15) is 4.39 Å². The highest BCUT2D eigenvalue weighted by Gasteiger charge is 2.00. The minimum atomic E-state index is -0.477. The molecule has 1 heterocycles. The van der Waals surface area contributed by atoms with Crippen LogP contribution in [0.2, 0.25) is 5.02 Å². The molecule has 0 N–H and O–H groups in total. The Morgan fingerprint density at radius 1 is 1.62 bits per heavy atom. The van der Waals surface area contributed by atoms with Crippen molar-refractivity contribution >= 4 is 27.5 Å². The maximum atomic E-state index is 13.0. The van der Waals surface area contributed by atoms with Crippen LogP contribution in [0.1, 0.15) is 12.1 Å². The molecule has 0 amide bonds. The van der Waals surface area contributed by atoms with Gasteiger partial charge in [0, 0.05) is 17.9 Å². The molecule has 0 radical (unpaired) electrons. The molecule has 0 fully saturated rings. The van der Waals surface area contributed by atoms with E-state index in [4.69, 9.17) is 11.6 Å². The predicted molar refractivity (Wildman–Crippen MR) is 54.5 cm³/mol. The molecular formula is C9H6BrClFN. The molecule has 13 heavy (non-hydrogen) atoms. The Morgan fingerprint density at radius 3 is 3.00 bits per heavy atom. The minimum Gasteiger partial charge on any atom is -0.243 e. The lowest BCUT2D eigenvalue weighted by molar-refractivity contribution is 0.617. The van der Waals surface area contributed by atoms with Gasteiger partial charge in [0.25, 0.3) is 0 Å². The van der Waals surface area contributed by atoms with Crippen molar-refractivity contribution in [2.75, 3.05) is 5.33 Å². The van der Waals surface area contributed by atoms with E-state index in [1.807, 2.05) is 0 Å². The van der Waals surface area contributed by atoms with Crippen LogP contribution >= 0.6 is 27.5 Å². The van der Waals surface area contributed by atoms with Crippen molar-refractivity contribution in [1.29, 1.82) is 0 Å². The van der Waals surface area contributed by atoms with Crippen LogP contribution in [0.25, 0.3) is 0 Å². The molecule has 0 bridgehead atoms. The molecule has 0 atom stereocenters. The van der Waals surface area contributed by atoms with Gasteiger partial charge in [-0.15, -0.1) is 0 Å². The zero-order chi connectivity index (χ0) is 9.68. The summed E-state index contributed by atoms with van der Waals surface area (Å²) < 4.78 is 13.0. The topological polar surface area (TPSA) is 12.9 Å². The first kappa shape index (κ1) is 10.5. The Labute approximate surface area is 89.4 Å². The number of hydrogen-bond donors (Lipinski definition) is 0. The highest BCUT2D eigenvalue weighted by molar-refractivity contribution is 9.09. The van der Waals surface area contributed by atoms with Gasteiger partial charge in [0.15, 0.2) is 5.82 Å². The standard InChI is InChI=1S/C9H6BrClFN/c10-4-2-1-3-9-8(12)5-7(11)6-13-9/h5-6H,2,4H2. The van der Waals surface area contributed by atoms with Crippen molar-refractivity contribution in [2.24, 2.45) is 0 Å². The third-order valence-electron chi connectivity index (χ3n) is 1.23. The van der Waals surface area contributed by atoms with Gasteiger partial charge in [-0.1, -0.05) is 33.5 Å². The minimum absolute atomic E-state index is 0.144. The van der Waals surface area contributed by atoms with Crippen LogP contribution < -0.4 is 0 Å². The van der Waals surface area contributed by atoms with E-state index >= 15 is 0 Å². The van der Waals surface area contributed by atoms with Crippen molar-refractivity contribution < 1.29 is 4.39 Å². The van der Waals surface area contributed by atoms with Gasteiger partial charge in [-0.2, -0.15) is 0 Å². The van der Waals surface area contributed by atoms with Crippen molar-refractivity contribution in [3.05, 3.63) is 28.8 Å². The molecule has 0 saturated heterocycles. The summed E-state index contributed by atoms with van der Waals surface area (Å²) in [5, 5.41) is 1.05. The van der Waals surface area contributed by atoms with Crippen LogP contribution in [0.4, 0.5) is 4.39 Å². The molecule has 68 valence electrons. The smallest absolute Gasteiger partial charge is 0.158 e. The lowest BCUT2D eigenvalue weighted by Gasteiger charge is -1.92. The molecule has 0 aromatic carbocycles. The fourth-order valence-corrected chi connectivity index (χ4v) is 1.04. The summed E-state index contributed by atoms with van der Waals surface area (Å²) >= 11 is 8.74. The molecule has 0 aliphatic carbocycles. The van der Waals surface area contributed by atoms with E-state index in [1.54, 1.807) is 0 Å². The van der Waals surface area contributed by atoms with E-state index in [0.717, 1.165) is 5.33 Å². The zero-order valence-electron chi connectivity index (χ0n) is 6.65. The Bertz CT molecular complexity index is 356. The summed E-state index contributed by atoms with van der Waals surface area (Å²) in [5.41, 5.74) is 0.144. The van der Waals surface area contributed by atoms with Gasteiger partial charge in [-0.05, 0) is 12.0 Å². The van der Waals surface area contributed by atoms with Crippen LogP contribution in [-0.2, 0) is 0 Å². The number of hydrogen-bond acceptors (Lipinski definition) is 1. The average molecular weight is 263 g/mol. The van der Waals surface area contributed by atoms with Crippen LogP contribution in [0, 0.1) is 17.7 Å². The van der Waals surface area contributed by atoms with E-state index in [0.29, 0.717) is 6.42 Å². The second-order valence-electron chi connectivity index (χ2n) is 2.22. The first-order valence-corrected chi connectivity index (χ1v) is 5.10. The first-order valence-electron chi connectivity index (χ1n) is 3.60. The Hall–Kier alpha value is -0.590. The van der Waals surface area contributed by atoms with Gasteiger partial charge in [0.1, 0.15) is 5.69 Å². The Kier molecular flexibility index (Phi) is 4.20. The number of aromatic nitrogens is 1. The van der Waals surface area contributed by atoms with Crippen molar-refractivity contribution in [2.45, 2.75) is 6.42 Å². The quantitative estimate of drug-likeness (QED) is 0.560. The molecule has 0 aliphatic rings. The monoisotopic (exact) mass is 261 g/mol. The molecule has 1 nitrogen and oxygen atoms in total. The van der Waals surface area contributed by atoms with Crippen LogP contribution in [0.3, 0.4) is 0 Å². The van der Waals surface area contributed by atoms with Gasteiger partial charge in [-0.25, -0.2) is 9.37 Å². The zero-order valence-corrected chi connectivity index (χ0v) is 8.99. The fourth-order valence-electron chi connectivity index (χ4n) is 0.700.